The second-order valence-electron chi connectivity index (χ2n) is 5.39. The minimum Gasteiger partial charge on any atom is -0.619 e. The number of hydrogen-bond acceptors (Lipinski definition) is 5. The molecule has 0 spiro atoms. The Balaban J connectivity index is 2.02. The molecule has 1 aromatic carbocycles. The van der Waals surface area contributed by atoms with Gasteiger partial charge in [-0.25, -0.2) is 0 Å². The molecular formula is C17H19N3O5. The summed E-state index contributed by atoms with van der Waals surface area (Å²) in [5, 5.41) is 10.9. The summed E-state index contributed by atoms with van der Waals surface area (Å²) in [6, 6.07) is 7.39. The lowest BCUT2D eigenvalue weighted by Gasteiger charge is -2.14. The molecule has 0 unspecified atom stereocenters. The largest absolute Gasteiger partial charge is 0.619 e. The molecule has 0 aliphatic carbocycles. The van der Waals surface area contributed by atoms with Crippen molar-refractivity contribution in [1.82, 2.24) is 10.9 Å². The molecule has 1 aromatic heterocycles. The number of ether oxygens (including phenoxy) is 2. The number of nitrogens with one attached hydrogen (secondary N) is 2. The summed E-state index contributed by atoms with van der Waals surface area (Å²) >= 11 is 0. The van der Waals surface area contributed by atoms with E-state index in [9.17, 15) is 14.8 Å². The maximum absolute atomic E-state index is 12.2. The Morgan fingerprint density at radius 2 is 1.60 bits per heavy atom. The third-order valence-corrected chi connectivity index (χ3v) is 3.14. The van der Waals surface area contributed by atoms with E-state index >= 15 is 0 Å². The number of carbonyl (C=O) groups is 2. The van der Waals surface area contributed by atoms with Crippen molar-refractivity contribution in [3.05, 3.63) is 59.1 Å². The Kier molecular flexibility index (Phi) is 5.78. The number of aromatic nitrogens is 1. The highest BCUT2D eigenvalue weighted by Gasteiger charge is 2.13. The second kappa shape index (κ2) is 8.00. The molecule has 0 saturated carbocycles. The number of amides is 2. The molecule has 2 N–H and O–H groups in total. The summed E-state index contributed by atoms with van der Waals surface area (Å²) in [5.41, 5.74) is 5.11. The van der Waals surface area contributed by atoms with Crippen molar-refractivity contribution in [2.75, 3.05) is 7.11 Å². The zero-order chi connectivity index (χ0) is 18.4. The number of nitrogens with zero attached hydrogens (tertiary/aromatic N) is 1. The minimum atomic E-state index is -0.541. The third kappa shape index (κ3) is 4.84. The predicted molar refractivity (Wildman–Crippen MR) is 89.1 cm³/mol. The van der Waals surface area contributed by atoms with Crippen LogP contribution in [0.4, 0.5) is 0 Å². The zero-order valence-corrected chi connectivity index (χ0v) is 14.1. The Bertz CT molecular complexity index is 759. The molecular weight excluding hydrogens is 326 g/mol. The van der Waals surface area contributed by atoms with Gasteiger partial charge in [-0.1, -0.05) is 0 Å². The monoisotopic (exact) mass is 345 g/mol. The van der Waals surface area contributed by atoms with E-state index in [0.29, 0.717) is 21.8 Å². The Hall–Kier alpha value is -3.29. The van der Waals surface area contributed by atoms with E-state index in [2.05, 4.69) is 10.9 Å². The first kappa shape index (κ1) is 18.1. The average molecular weight is 345 g/mol. The standard InChI is InChI=1S/C17H19N3O5/c1-11(2)25-14-5-4-13(10-15(14)24-3)17(22)19-18-16(21)12-6-8-20(23)9-7-12/h4-11H,1-3H3,(H,18,21)(H,19,22). The van der Waals surface area contributed by atoms with Gasteiger partial charge in [0, 0.05) is 17.7 Å². The van der Waals surface area contributed by atoms with Gasteiger partial charge in [0.25, 0.3) is 11.8 Å². The van der Waals surface area contributed by atoms with Crippen molar-refractivity contribution in [3.63, 3.8) is 0 Å². The number of benzene rings is 1. The Labute approximate surface area is 144 Å². The van der Waals surface area contributed by atoms with E-state index in [0.717, 1.165) is 0 Å². The van der Waals surface area contributed by atoms with Crippen LogP contribution in [0.3, 0.4) is 0 Å². The van der Waals surface area contributed by atoms with Crippen molar-refractivity contribution >= 4 is 11.8 Å². The average Bonchev–Trinajstić information content (AvgIpc) is 2.59. The van der Waals surface area contributed by atoms with Crippen molar-refractivity contribution in [2.24, 2.45) is 0 Å². The smallest absolute Gasteiger partial charge is 0.270 e. The van der Waals surface area contributed by atoms with Gasteiger partial charge in [0.1, 0.15) is 0 Å². The van der Waals surface area contributed by atoms with Gasteiger partial charge in [0.15, 0.2) is 23.9 Å². The lowest BCUT2D eigenvalue weighted by molar-refractivity contribution is -0.605. The highest BCUT2D eigenvalue weighted by molar-refractivity contribution is 5.99. The number of hydrazine groups is 1. The van der Waals surface area contributed by atoms with E-state index < -0.39 is 11.8 Å². The van der Waals surface area contributed by atoms with Crippen molar-refractivity contribution in [2.45, 2.75) is 20.0 Å². The molecule has 8 nitrogen and oxygen atoms in total. The van der Waals surface area contributed by atoms with Gasteiger partial charge in [0.05, 0.1) is 18.8 Å². The number of pyridine rings is 1. The van der Waals surface area contributed by atoms with Crippen LogP contribution < -0.4 is 25.1 Å². The topological polar surface area (TPSA) is 104 Å². The first-order valence-electron chi connectivity index (χ1n) is 7.55. The fourth-order valence-electron chi connectivity index (χ4n) is 1.98. The van der Waals surface area contributed by atoms with E-state index in [4.69, 9.17) is 9.47 Å². The van der Waals surface area contributed by atoms with Crippen molar-refractivity contribution in [3.8, 4) is 11.5 Å². The van der Waals surface area contributed by atoms with Gasteiger partial charge in [-0.05, 0) is 32.0 Å². The number of methoxy groups -OCH3 is 1. The zero-order valence-electron chi connectivity index (χ0n) is 14.1. The van der Waals surface area contributed by atoms with Gasteiger partial charge in [0.2, 0.25) is 0 Å². The van der Waals surface area contributed by atoms with E-state index in [1.807, 2.05) is 13.8 Å². The van der Waals surface area contributed by atoms with Crippen LogP contribution in [0, 0.1) is 5.21 Å². The second-order valence-corrected chi connectivity index (χ2v) is 5.39. The van der Waals surface area contributed by atoms with Gasteiger partial charge in [-0.15, -0.1) is 0 Å². The Morgan fingerprint density at radius 3 is 2.16 bits per heavy atom. The molecule has 0 atom stereocenters. The quantitative estimate of drug-likeness (QED) is 0.481. The van der Waals surface area contributed by atoms with Crippen LogP contribution in [0.5, 0.6) is 11.5 Å². The molecule has 8 heteroatoms. The molecule has 0 saturated heterocycles. The maximum Gasteiger partial charge on any atom is 0.270 e. The fourth-order valence-corrected chi connectivity index (χ4v) is 1.98. The summed E-state index contributed by atoms with van der Waals surface area (Å²) in [7, 11) is 1.48. The number of rotatable bonds is 5. The van der Waals surface area contributed by atoms with Crippen LogP contribution >= 0.6 is 0 Å². The third-order valence-electron chi connectivity index (χ3n) is 3.14. The van der Waals surface area contributed by atoms with Crippen molar-refractivity contribution < 1.29 is 23.8 Å². The lowest BCUT2D eigenvalue weighted by Crippen LogP contribution is -2.41. The van der Waals surface area contributed by atoms with E-state index in [1.54, 1.807) is 12.1 Å². The SMILES string of the molecule is COc1cc(C(=O)NNC(=O)c2cc[n+]([O-])cc2)ccc1OC(C)C. The highest BCUT2D eigenvalue weighted by atomic mass is 16.5. The lowest BCUT2D eigenvalue weighted by atomic mass is 10.2. The molecule has 25 heavy (non-hydrogen) atoms. The summed E-state index contributed by atoms with van der Waals surface area (Å²) in [5.74, 6) is -0.123. The van der Waals surface area contributed by atoms with Crippen LogP contribution in [0.25, 0.3) is 0 Å². The molecule has 2 amide bonds. The van der Waals surface area contributed by atoms with E-state index in [1.165, 1.54) is 37.7 Å². The van der Waals surface area contributed by atoms with Crippen LogP contribution in [-0.4, -0.2) is 25.0 Å². The summed E-state index contributed by atoms with van der Waals surface area (Å²) in [6.45, 7) is 3.76. The van der Waals surface area contributed by atoms with Gasteiger partial charge in [-0.3, -0.25) is 20.4 Å². The minimum absolute atomic E-state index is 0.0356. The normalized spacial score (nSPS) is 10.2. The van der Waals surface area contributed by atoms with Crippen LogP contribution in [-0.2, 0) is 0 Å². The first-order chi connectivity index (χ1) is 11.9. The predicted octanol–water partition coefficient (Wildman–Crippen LogP) is 1.19. The van der Waals surface area contributed by atoms with Crippen molar-refractivity contribution in [1.29, 1.82) is 0 Å². The van der Waals surface area contributed by atoms with E-state index in [-0.39, 0.29) is 11.7 Å². The molecule has 0 bridgehead atoms. The number of carbonyl (C=O) groups excluding carboxylic acids is 2. The summed E-state index contributed by atoms with van der Waals surface area (Å²) in [4.78, 5) is 24.1. The molecule has 132 valence electrons. The van der Waals surface area contributed by atoms with Gasteiger partial charge >= 0.3 is 0 Å². The van der Waals surface area contributed by atoms with Crippen LogP contribution in [0.1, 0.15) is 34.6 Å². The molecule has 1 heterocycles. The Morgan fingerprint density at radius 1 is 1.00 bits per heavy atom. The fraction of sp³-hybridized carbons (Fsp3) is 0.235. The molecule has 0 radical (unpaired) electrons. The van der Waals surface area contributed by atoms with Gasteiger partial charge < -0.3 is 14.7 Å². The molecule has 2 rings (SSSR count). The van der Waals surface area contributed by atoms with Gasteiger partial charge in [-0.2, -0.15) is 4.73 Å². The molecule has 0 aliphatic rings. The molecule has 0 aliphatic heterocycles. The van der Waals surface area contributed by atoms with Crippen LogP contribution in [0.2, 0.25) is 0 Å². The molecule has 0 fully saturated rings. The number of hydrogen-bond donors (Lipinski definition) is 2. The first-order valence-corrected chi connectivity index (χ1v) is 7.55. The maximum atomic E-state index is 12.2. The van der Waals surface area contributed by atoms with Crippen LogP contribution in [0.15, 0.2) is 42.7 Å². The summed E-state index contributed by atoms with van der Waals surface area (Å²) < 4.78 is 11.4. The molecule has 2 aromatic rings. The highest BCUT2D eigenvalue weighted by Crippen LogP contribution is 2.28. The summed E-state index contributed by atoms with van der Waals surface area (Å²) in [6.07, 6.45) is 2.34.